The van der Waals surface area contributed by atoms with E-state index in [1.54, 1.807) is 23.5 Å². The fourth-order valence-electron chi connectivity index (χ4n) is 1.71. The summed E-state index contributed by atoms with van der Waals surface area (Å²) in [4.78, 5) is 1.29. The third-order valence-corrected chi connectivity index (χ3v) is 4.21. The minimum atomic E-state index is -0.255. The molecule has 1 nitrogen and oxygen atoms in total. The molecule has 2 aromatic rings. The van der Waals surface area contributed by atoms with Crippen molar-refractivity contribution in [2.45, 2.75) is 18.9 Å². The van der Waals surface area contributed by atoms with E-state index >= 15 is 0 Å². The lowest BCUT2D eigenvalue weighted by molar-refractivity contribution is 0.560. The van der Waals surface area contributed by atoms with Crippen LogP contribution in [0.5, 0.6) is 0 Å². The van der Waals surface area contributed by atoms with Gasteiger partial charge in [0, 0.05) is 16.5 Å². The first-order valence-electron chi connectivity index (χ1n) is 5.40. The molecule has 1 aromatic heterocycles. The van der Waals surface area contributed by atoms with Crippen molar-refractivity contribution < 1.29 is 4.39 Å². The Hall–Kier alpha value is -0.710. The molecule has 0 fully saturated rings. The highest BCUT2D eigenvalue weighted by atomic mass is 79.9. The molecule has 0 aliphatic rings. The summed E-state index contributed by atoms with van der Waals surface area (Å²) in [6.07, 6.45) is 1.65. The second-order valence-electron chi connectivity index (χ2n) is 3.87. The van der Waals surface area contributed by atoms with Gasteiger partial charge < -0.3 is 5.73 Å². The summed E-state index contributed by atoms with van der Waals surface area (Å²) in [5, 5.41) is 2.04. The number of hydrogen-bond acceptors (Lipinski definition) is 2. The Morgan fingerprint density at radius 3 is 2.82 bits per heavy atom. The van der Waals surface area contributed by atoms with Crippen LogP contribution in [0.3, 0.4) is 0 Å². The molecule has 2 rings (SSSR count). The predicted molar refractivity (Wildman–Crippen MR) is 73.7 cm³/mol. The third kappa shape index (κ3) is 3.15. The van der Waals surface area contributed by atoms with E-state index < -0.39 is 0 Å². The van der Waals surface area contributed by atoms with Crippen LogP contribution in [0.25, 0.3) is 0 Å². The van der Waals surface area contributed by atoms with Crippen molar-refractivity contribution in [2.24, 2.45) is 5.73 Å². The number of hydrogen-bond donors (Lipinski definition) is 1. The molecule has 4 heteroatoms. The molecule has 0 bridgehead atoms. The van der Waals surface area contributed by atoms with Crippen LogP contribution >= 0.6 is 27.3 Å². The first-order chi connectivity index (χ1) is 8.18. The van der Waals surface area contributed by atoms with Gasteiger partial charge in [0.1, 0.15) is 5.82 Å². The maximum atomic E-state index is 13.8. The number of thiophene rings is 1. The van der Waals surface area contributed by atoms with E-state index in [9.17, 15) is 4.39 Å². The van der Waals surface area contributed by atoms with E-state index in [0.717, 1.165) is 12.8 Å². The smallest absolute Gasteiger partial charge is 0.142 e. The van der Waals surface area contributed by atoms with Crippen LogP contribution in [0.15, 0.2) is 40.2 Å². The molecule has 1 aromatic carbocycles. The van der Waals surface area contributed by atoms with Crippen molar-refractivity contribution in [1.29, 1.82) is 0 Å². The molecule has 2 N–H and O–H groups in total. The van der Waals surface area contributed by atoms with Crippen LogP contribution in [-0.4, -0.2) is 0 Å². The zero-order chi connectivity index (χ0) is 12.3. The minimum Gasteiger partial charge on any atom is -0.324 e. The topological polar surface area (TPSA) is 26.0 Å². The van der Waals surface area contributed by atoms with Gasteiger partial charge in [0.25, 0.3) is 0 Å². The Bertz CT molecular complexity index is 484. The van der Waals surface area contributed by atoms with E-state index in [1.165, 1.54) is 4.88 Å². The fraction of sp³-hybridized carbons (Fsp3) is 0.231. The summed E-state index contributed by atoms with van der Waals surface area (Å²) in [6.45, 7) is 0. The van der Waals surface area contributed by atoms with Crippen LogP contribution in [0, 0.1) is 5.82 Å². The molecule has 0 aliphatic heterocycles. The van der Waals surface area contributed by atoms with Gasteiger partial charge in [-0.1, -0.05) is 18.2 Å². The van der Waals surface area contributed by atoms with Crippen molar-refractivity contribution in [1.82, 2.24) is 0 Å². The summed E-state index contributed by atoms with van der Waals surface area (Å²) < 4.78 is 14.3. The van der Waals surface area contributed by atoms with Crippen LogP contribution in [0.2, 0.25) is 0 Å². The average molecular weight is 314 g/mol. The van der Waals surface area contributed by atoms with Crippen molar-refractivity contribution in [3.8, 4) is 0 Å². The minimum absolute atomic E-state index is 0.244. The SMILES string of the molecule is NC(CCc1cccs1)c1cccc(Br)c1F. The number of halogens is 2. The highest BCUT2D eigenvalue weighted by Gasteiger charge is 2.13. The van der Waals surface area contributed by atoms with E-state index in [2.05, 4.69) is 22.0 Å². The Labute approximate surface area is 113 Å². The Morgan fingerprint density at radius 1 is 1.29 bits per heavy atom. The molecule has 0 saturated carbocycles. The quantitative estimate of drug-likeness (QED) is 0.895. The van der Waals surface area contributed by atoms with Crippen LogP contribution < -0.4 is 5.73 Å². The maximum absolute atomic E-state index is 13.8. The molecule has 0 spiro atoms. The molecule has 1 atom stereocenters. The lowest BCUT2D eigenvalue weighted by atomic mass is 10.0. The molecule has 17 heavy (non-hydrogen) atoms. The molecule has 0 amide bonds. The van der Waals surface area contributed by atoms with Gasteiger partial charge >= 0.3 is 0 Å². The van der Waals surface area contributed by atoms with E-state index in [0.29, 0.717) is 10.0 Å². The van der Waals surface area contributed by atoms with Crippen LogP contribution in [0.4, 0.5) is 4.39 Å². The number of aryl methyl sites for hydroxylation is 1. The van der Waals surface area contributed by atoms with Gasteiger partial charge in [-0.2, -0.15) is 0 Å². The molecule has 0 radical (unpaired) electrons. The summed E-state index contributed by atoms with van der Waals surface area (Å²) in [7, 11) is 0. The second kappa shape index (κ2) is 5.76. The lowest BCUT2D eigenvalue weighted by Gasteiger charge is -2.13. The number of rotatable bonds is 4. The van der Waals surface area contributed by atoms with Crippen molar-refractivity contribution >= 4 is 27.3 Å². The van der Waals surface area contributed by atoms with E-state index in [-0.39, 0.29) is 11.9 Å². The standard InChI is InChI=1S/C13H13BrFNS/c14-11-5-1-4-10(13(11)15)12(16)7-6-9-3-2-8-17-9/h1-5,8,12H,6-7,16H2. The normalized spacial score (nSPS) is 12.6. The second-order valence-corrected chi connectivity index (χ2v) is 5.75. The van der Waals surface area contributed by atoms with E-state index in [1.807, 2.05) is 17.5 Å². The fourth-order valence-corrected chi connectivity index (χ4v) is 2.82. The Kier molecular flexibility index (Phi) is 4.31. The molecule has 90 valence electrons. The highest BCUT2D eigenvalue weighted by Crippen LogP contribution is 2.25. The van der Waals surface area contributed by atoms with Gasteiger partial charge in [-0.25, -0.2) is 4.39 Å². The monoisotopic (exact) mass is 313 g/mol. The van der Waals surface area contributed by atoms with Gasteiger partial charge in [0.2, 0.25) is 0 Å². The largest absolute Gasteiger partial charge is 0.324 e. The van der Waals surface area contributed by atoms with Crippen molar-refractivity contribution in [2.75, 3.05) is 0 Å². The lowest BCUT2D eigenvalue weighted by Crippen LogP contribution is -2.13. The Balaban J connectivity index is 2.04. The maximum Gasteiger partial charge on any atom is 0.142 e. The summed E-state index contributed by atoms with van der Waals surface area (Å²) in [5.74, 6) is -0.244. The number of benzene rings is 1. The van der Waals surface area contributed by atoms with Crippen LogP contribution in [-0.2, 0) is 6.42 Å². The summed E-state index contributed by atoms with van der Waals surface area (Å²) >= 11 is 4.88. The zero-order valence-corrected chi connectivity index (χ0v) is 11.6. The van der Waals surface area contributed by atoms with Gasteiger partial charge in [-0.15, -0.1) is 11.3 Å². The average Bonchev–Trinajstić information content (AvgIpc) is 2.82. The third-order valence-electron chi connectivity index (χ3n) is 2.66. The molecule has 1 heterocycles. The van der Waals surface area contributed by atoms with E-state index in [4.69, 9.17) is 5.73 Å². The van der Waals surface area contributed by atoms with Gasteiger partial charge in [-0.05, 0) is 46.3 Å². The zero-order valence-electron chi connectivity index (χ0n) is 9.20. The molecule has 0 aliphatic carbocycles. The van der Waals surface area contributed by atoms with Crippen molar-refractivity contribution in [3.05, 3.63) is 56.4 Å². The Morgan fingerprint density at radius 2 is 2.12 bits per heavy atom. The number of nitrogens with two attached hydrogens (primary N) is 1. The first kappa shape index (κ1) is 12.7. The first-order valence-corrected chi connectivity index (χ1v) is 7.07. The van der Waals surface area contributed by atoms with Gasteiger partial charge in [0.05, 0.1) is 4.47 Å². The van der Waals surface area contributed by atoms with Gasteiger partial charge in [-0.3, -0.25) is 0 Å². The van der Waals surface area contributed by atoms with Gasteiger partial charge in [0.15, 0.2) is 0 Å². The van der Waals surface area contributed by atoms with Crippen molar-refractivity contribution in [3.63, 3.8) is 0 Å². The predicted octanol–water partition coefficient (Wildman–Crippen LogP) is 4.28. The molecular weight excluding hydrogens is 301 g/mol. The molecule has 1 unspecified atom stereocenters. The summed E-state index contributed by atoms with van der Waals surface area (Å²) in [6, 6.07) is 9.09. The highest BCUT2D eigenvalue weighted by molar-refractivity contribution is 9.10. The molecular formula is C13H13BrFNS. The summed E-state index contributed by atoms with van der Waals surface area (Å²) in [5.41, 5.74) is 6.60. The molecule has 0 saturated heterocycles. The van der Waals surface area contributed by atoms with Crippen LogP contribution in [0.1, 0.15) is 22.9 Å².